The van der Waals surface area contributed by atoms with Crippen molar-refractivity contribution in [3.63, 3.8) is 0 Å². The average molecular weight is 400 g/mol. The largest absolute Gasteiger partial charge is 0.354 e. The van der Waals surface area contributed by atoms with Gasteiger partial charge in [0.15, 0.2) is 5.78 Å². The number of quaternary nitrogens is 1. The first kappa shape index (κ1) is 18.7. The first-order valence-electron chi connectivity index (χ1n) is 9.40. The first-order chi connectivity index (χ1) is 13.6. The predicted molar refractivity (Wildman–Crippen MR) is 109 cm³/mol. The quantitative estimate of drug-likeness (QED) is 0.575. The summed E-state index contributed by atoms with van der Waals surface area (Å²) < 4.78 is 1.38. The summed E-state index contributed by atoms with van der Waals surface area (Å²) in [4.78, 5) is 31.2. The van der Waals surface area contributed by atoms with Crippen molar-refractivity contribution < 1.29 is 10.1 Å². The number of carbonyl (C=O) groups is 1. The molecule has 146 valence electrons. The number of nitrogens with two attached hydrogens (primary N) is 1. The van der Waals surface area contributed by atoms with Gasteiger partial charge < -0.3 is 10.2 Å². The Bertz CT molecular complexity index is 1040. The molecule has 0 spiro atoms. The van der Waals surface area contributed by atoms with Gasteiger partial charge in [0.2, 0.25) is 4.96 Å². The Morgan fingerprint density at radius 2 is 2.00 bits per heavy atom. The van der Waals surface area contributed by atoms with Gasteiger partial charge >= 0.3 is 5.13 Å². The number of nitrogens with zero attached hydrogens (tertiary/aromatic N) is 4. The Morgan fingerprint density at radius 3 is 2.71 bits per heavy atom. The molecule has 8 nitrogen and oxygen atoms in total. The number of fused-ring (bicyclic) bond motifs is 1. The van der Waals surface area contributed by atoms with Crippen LogP contribution in [0.1, 0.15) is 22.8 Å². The van der Waals surface area contributed by atoms with E-state index in [-0.39, 0.29) is 11.3 Å². The molecule has 1 aromatic carbocycles. The zero-order valence-electron chi connectivity index (χ0n) is 15.7. The Kier molecular flexibility index (Phi) is 5.47. The maximum Gasteiger partial charge on any atom is 0.303 e. The number of rotatable bonds is 6. The molecule has 1 fully saturated rings. The van der Waals surface area contributed by atoms with Gasteiger partial charge in [-0.25, -0.2) is 4.98 Å². The number of ketones is 1. The Morgan fingerprint density at radius 1 is 1.25 bits per heavy atom. The average Bonchev–Trinajstić information content (AvgIpc) is 3.12. The topological polar surface area (TPSA) is 96.2 Å². The van der Waals surface area contributed by atoms with Gasteiger partial charge in [0.25, 0.3) is 5.56 Å². The molecule has 0 aliphatic carbocycles. The van der Waals surface area contributed by atoms with Crippen molar-refractivity contribution >= 4 is 33.0 Å². The fourth-order valence-electron chi connectivity index (χ4n) is 3.22. The summed E-state index contributed by atoms with van der Waals surface area (Å²) in [5, 5.41) is 10.5. The molecule has 28 heavy (non-hydrogen) atoms. The Balaban J connectivity index is 1.43. The van der Waals surface area contributed by atoms with Crippen LogP contribution < -0.4 is 21.1 Å². The van der Waals surface area contributed by atoms with E-state index in [1.807, 2.05) is 29.6 Å². The van der Waals surface area contributed by atoms with Crippen molar-refractivity contribution in [1.29, 1.82) is 0 Å². The summed E-state index contributed by atoms with van der Waals surface area (Å²) in [6.07, 6.45) is 0.850. The van der Waals surface area contributed by atoms with Crippen LogP contribution in [0.25, 0.3) is 4.96 Å². The standard InChI is InChI=1S/C19H22N6O2S/c1-13(26)15-4-2-14(3-5-15)6-7-21-18-23-25-17(27)12-16(22-19(25)28-18)24-10-8-20-9-11-24/h2-5,12,20H,6-11H2,1H3,(H,21,23)/p+1. The summed E-state index contributed by atoms with van der Waals surface area (Å²) in [6, 6.07) is 9.24. The fourth-order valence-corrected chi connectivity index (χ4v) is 4.09. The number of benzene rings is 1. The minimum absolute atomic E-state index is 0.0747. The van der Waals surface area contributed by atoms with E-state index >= 15 is 0 Å². The lowest BCUT2D eigenvalue weighted by molar-refractivity contribution is -0.570. The van der Waals surface area contributed by atoms with Crippen molar-refractivity contribution in [2.45, 2.75) is 13.3 Å². The Labute approximate surface area is 166 Å². The second-order valence-electron chi connectivity index (χ2n) is 6.82. The SMILES string of the molecule is CC(=O)c1ccc(CC[NH2+]c2nn3c(=O)cc(N4CCNCC4)nc3s2)cc1. The molecule has 9 heteroatoms. The van der Waals surface area contributed by atoms with Crippen molar-refractivity contribution in [2.24, 2.45) is 0 Å². The third-order valence-corrected chi connectivity index (χ3v) is 5.70. The molecule has 0 bridgehead atoms. The second kappa shape index (κ2) is 8.17. The highest BCUT2D eigenvalue weighted by Gasteiger charge is 2.16. The van der Waals surface area contributed by atoms with E-state index in [1.165, 1.54) is 21.4 Å². The summed E-state index contributed by atoms with van der Waals surface area (Å²) >= 11 is 1.43. The summed E-state index contributed by atoms with van der Waals surface area (Å²) in [5.74, 6) is 0.804. The minimum Gasteiger partial charge on any atom is -0.354 e. The fraction of sp³-hybridized carbons (Fsp3) is 0.368. The van der Waals surface area contributed by atoms with Crippen LogP contribution in [0, 0.1) is 0 Å². The van der Waals surface area contributed by atoms with Crippen LogP contribution in [0.2, 0.25) is 0 Å². The maximum absolute atomic E-state index is 12.4. The van der Waals surface area contributed by atoms with Crippen LogP contribution >= 0.6 is 11.3 Å². The van der Waals surface area contributed by atoms with Gasteiger partial charge in [-0.15, -0.1) is 0 Å². The zero-order chi connectivity index (χ0) is 19.5. The molecule has 0 radical (unpaired) electrons. The van der Waals surface area contributed by atoms with Crippen molar-refractivity contribution in [3.05, 3.63) is 51.8 Å². The monoisotopic (exact) mass is 399 g/mol. The van der Waals surface area contributed by atoms with Gasteiger partial charge in [0.05, 0.1) is 6.54 Å². The molecular weight excluding hydrogens is 376 g/mol. The van der Waals surface area contributed by atoms with E-state index in [1.54, 1.807) is 13.0 Å². The highest BCUT2D eigenvalue weighted by atomic mass is 32.1. The molecular formula is C19H23N6O2S+. The van der Waals surface area contributed by atoms with Gasteiger partial charge in [0.1, 0.15) is 5.82 Å². The van der Waals surface area contributed by atoms with Crippen LogP contribution in [0.4, 0.5) is 10.9 Å². The van der Waals surface area contributed by atoms with Crippen molar-refractivity contribution in [3.8, 4) is 0 Å². The van der Waals surface area contributed by atoms with Crippen molar-refractivity contribution in [1.82, 2.24) is 19.9 Å². The molecule has 2 aromatic heterocycles. The molecule has 0 saturated carbocycles. The third-order valence-electron chi connectivity index (χ3n) is 4.80. The smallest absolute Gasteiger partial charge is 0.303 e. The van der Waals surface area contributed by atoms with E-state index < -0.39 is 0 Å². The van der Waals surface area contributed by atoms with Gasteiger partial charge in [-0.05, 0) is 23.8 Å². The summed E-state index contributed by atoms with van der Waals surface area (Å²) in [6.45, 7) is 5.87. The first-order valence-corrected chi connectivity index (χ1v) is 10.2. The molecule has 1 aliphatic rings. The van der Waals surface area contributed by atoms with E-state index in [4.69, 9.17) is 0 Å². The molecule has 1 saturated heterocycles. The van der Waals surface area contributed by atoms with Crippen LogP contribution in [0.5, 0.6) is 0 Å². The molecule has 3 heterocycles. The Hall–Kier alpha value is -2.62. The molecule has 0 unspecified atom stereocenters. The zero-order valence-corrected chi connectivity index (χ0v) is 16.5. The van der Waals surface area contributed by atoms with Crippen LogP contribution in [0.3, 0.4) is 0 Å². The number of Topliss-reactive ketones (excluding diaryl/α,β-unsaturated/α-hetero) is 1. The third kappa shape index (κ3) is 4.11. The van der Waals surface area contributed by atoms with Crippen LogP contribution in [0.15, 0.2) is 35.1 Å². The highest BCUT2D eigenvalue weighted by Crippen LogP contribution is 2.16. The highest BCUT2D eigenvalue weighted by molar-refractivity contribution is 7.19. The second-order valence-corrected chi connectivity index (χ2v) is 7.81. The molecule has 3 N–H and O–H groups in total. The molecule has 0 amide bonds. The summed E-state index contributed by atoms with van der Waals surface area (Å²) in [5.41, 5.74) is 1.75. The lowest BCUT2D eigenvalue weighted by Gasteiger charge is -2.27. The van der Waals surface area contributed by atoms with Crippen LogP contribution in [-0.4, -0.2) is 53.1 Å². The van der Waals surface area contributed by atoms with E-state index in [0.717, 1.165) is 55.7 Å². The number of aromatic nitrogens is 3. The van der Waals surface area contributed by atoms with Gasteiger partial charge in [-0.1, -0.05) is 29.4 Å². The number of hydrogen-bond acceptors (Lipinski definition) is 7. The number of piperazine rings is 1. The van der Waals surface area contributed by atoms with E-state index in [0.29, 0.717) is 4.96 Å². The number of carbonyl (C=O) groups excluding carboxylic acids is 1. The van der Waals surface area contributed by atoms with E-state index in [2.05, 4.69) is 20.3 Å². The van der Waals surface area contributed by atoms with Crippen molar-refractivity contribution in [2.75, 3.05) is 37.6 Å². The number of anilines is 1. The molecule has 0 atom stereocenters. The van der Waals surface area contributed by atoms with Gasteiger partial charge in [-0.3, -0.25) is 14.9 Å². The summed E-state index contributed by atoms with van der Waals surface area (Å²) in [7, 11) is 0. The van der Waals surface area contributed by atoms with Crippen LogP contribution in [-0.2, 0) is 6.42 Å². The molecule has 1 aliphatic heterocycles. The minimum atomic E-state index is -0.144. The maximum atomic E-state index is 12.4. The van der Waals surface area contributed by atoms with Gasteiger partial charge in [0, 0.05) is 44.2 Å². The molecule has 3 aromatic rings. The number of hydrogen-bond donors (Lipinski definition) is 2. The molecule has 4 rings (SSSR count). The normalized spacial score (nSPS) is 14.5. The number of nitrogens with one attached hydrogen (secondary N) is 1. The lowest BCUT2D eigenvalue weighted by Crippen LogP contribution is -2.78. The van der Waals surface area contributed by atoms with Gasteiger partial charge in [-0.2, -0.15) is 4.52 Å². The predicted octanol–water partition coefficient (Wildman–Crippen LogP) is 0.201. The lowest BCUT2D eigenvalue weighted by atomic mass is 10.1. The van der Waals surface area contributed by atoms with E-state index in [9.17, 15) is 9.59 Å².